The molecule has 12 heteroatoms. The second-order valence-corrected chi connectivity index (χ2v) is 8.41. The summed E-state index contributed by atoms with van der Waals surface area (Å²) in [5.41, 5.74) is 0.498. The van der Waals surface area contributed by atoms with Crippen molar-refractivity contribution in [2.24, 2.45) is 4.99 Å². The topological polar surface area (TPSA) is 144 Å². The number of alkyl carbamates (subject to hydrolysis) is 1. The van der Waals surface area contributed by atoms with Crippen molar-refractivity contribution in [3.8, 4) is 5.75 Å². The van der Waals surface area contributed by atoms with E-state index in [1.54, 1.807) is 18.2 Å². The van der Waals surface area contributed by atoms with Gasteiger partial charge in [0, 0.05) is 19.7 Å². The van der Waals surface area contributed by atoms with E-state index >= 15 is 0 Å². The summed E-state index contributed by atoms with van der Waals surface area (Å²) >= 11 is 0. The predicted molar refractivity (Wildman–Crippen MR) is 128 cm³/mol. The van der Waals surface area contributed by atoms with Crippen molar-refractivity contribution in [1.82, 2.24) is 5.32 Å². The van der Waals surface area contributed by atoms with Crippen molar-refractivity contribution in [3.05, 3.63) is 48.5 Å². The van der Waals surface area contributed by atoms with Crippen LogP contribution in [0.1, 0.15) is 19.8 Å². The minimum atomic E-state index is -4.10. The Morgan fingerprint density at radius 2 is 1.74 bits per heavy atom. The number of amides is 2. The van der Waals surface area contributed by atoms with Crippen LogP contribution in [0.2, 0.25) is 0 Å². The summed E-state index contributed by atoms with van der Waals surface area (Å²) in [6.07, 6.45) is 0.893. The summed E-state index contributed by atoms with van der Waals surface area (Å²) in [5.74, 6) is -0.422. The van der Waals surface area contributed by atoms with Gasteiger partial charge in [-0.15, -0.1) is 0 Å². The molecule has 2 aromatic rings. The lowest BCUT2D eigenvalue weighted by Crippen LogP contribution is -2.36. The Hall–Kier alpha value is -3.64. The molecular formula is C22H28N4O7S. The number of nitrogens with zero attached hydrogens (tertiary/aromatic N) is 1. The van der Waals surface area contributed by atoms with E-state index in [0.29, 0.717) is 6.54 Å². The largest absolute Gasteiger partial charge is 0.453 e. The first-order valence-electron chi connectivity index (χ1n) is 10.4. The molecule has 0 aliphatic heterocycles. The van der Waals surface area contributed by atoms with Crippen LogP contribution in [0.4, 0.5) is 16.2 Å². The molecule has 11 nitrogen and oxygen atoms in total. The summed E-state index contributed by atoms with van der Waals surface area (Å²) in [7, 11) is -1.51. The Labute approximate surface area is 198 Å². The van der Waals surface area contributed by atoms with Crippen LogP contribution in [0.5, 0.6) is 5.75 Å². The van der Waals surface area contributed by atoms with Gasteiger partial charge in [-0.2, -0.15) is 8.42 Å². The van der Waals surface area contributed by atoms with Gasteiger partial charge in [0.15, 0.2) is 0 Å². The zero-order valence-corrected chi connectivity index (χ0v) is 20.0. The van der Waals surface area contributed by atoms with Crippen LogP contribution in [0.25, 0.3) is 0 Å². The fourth-order valence-electron chi connectivity index (χ4n) is 2.60. The average Bonchev–Trinajstić information content (AvgIpc) is 2.81. The molecule has 0 fully saturated rings. The number of aliphatic imine (C=N–C) groups is 1. The third-order valence-corrected chi connectivity index (χ3v) is 5.48. The Morgan fingerprint density at radius 1 is 1.00 bits per heavy atom. The predicted octanol–water partition coefficient (Wildman–Crippen LogP) is 2.96. The molecule has 2 amide bonds. The molecule has 0 aliphatic rings. The Bertz CT molecular complexity index is 1110. The molecule has 0 saturated carbocycles. The summed E-state index contributed by atoms with van der Waals surface area (Å²) in [4.78, 5) is 28.1. The standard InChI is InChI=1S/C22H28N4O7S/c1-4-5-13-23-21(26-22(28)32-3)25-19-14-16(11-12-18(19)24-20(27)15-31-2)33-34(29,30)17-9-7-6-8-10-17/h6-12,14H,4-5,13,15H2,1-3H3,(H,24,27)(H2,23,25,26,28). The SMILES string of the molecule is CCCC/N=C(\NC(=O)OC)Nc1cc(OS(=O)(=O)c2ccccc2)ccc1NC(=O)COC. The third-order valence-electron chi connectivity index (χ3n) is 4.22. The first-order chi connectivity index (χ1) is 16.3. The van der Waals surface area contributed by atoms with Crippen LogP contribution in [-0.2, 0) is 24.4 Å². The maximum Gasteiger partial charge on any atom is 0.413 e. The van der Waals surface area contributed by atoms with Crippen molar-refractivity contribution in [1.29, 1.82) is 0 Å². The van der Waals surface area contributed by atoms with Gasteiger partial charge in [0.25, 0.3) is 0 Å². The number of hydrogen-bond acceptors (Lipinski definition) is 8. The molecule has 3 N–H and O–H groups in total. The molecule has 0 spiro atoms. The number of ether oxygens (including phenoxy) is 2. The number of methoxy groups -OCH3 is 2. The summed E-state index contributed by atoms with van der Waals surface area (Å²) in [5, 5.41) is 7.99. The van der Waals surface area contributed by atoms with Gasteiger partial charge in [-0.3, -0.25) is 15.1 Å². The first-order valence-corrected chi connectivity index (χ1v) is 11.8. The normalized spacial score (nSPS) is 11.4. The number of carbonyl (C=O) groups excluding carboxylic acids is 2. The molecule has 0 atom stereocenters. The molecule has 0 aromatic heterocycles. The molecule has 0 unspecified atom stereocenters. The van der Waals surface area contributed by atoms with Crippen LogP contribution >= 0.6 is 0 Å². The van der Waals surface area contributed by atoms with E-state index in [1.807, 2.05) is 6.92 Å². The fraction of sp³-hybridized carbons (Fsp3) is 0.318. The van der Waals surface area contributed by atoms with Gasteiger partial charge in [-0.05, 0) is 30.7 Å². The molecule has 2 aromatic carbocycles. The molecule has 0 radical (unpaired) electrons. The van der Waals surface area contributed by atoms with Crippen LogP contribution < -0.4 is 20.1 Å². The van der Waals surface area contributed by atoms with E-state index in [-0.39, 0.29) is 34.6 Å². The Balaban J connectivity index is 2.40. The number of unbranched alkanes of at least 4 members (excludes halogenated alkanes) is 1. The van der Waals surface area contributed by atoms with Crippen molar-refractivity contribution in [2.75, 3.05) is 38.0 Å². The molecule has 34 heavy (non-hydrogen) atoms. The number of benzene rings is 2. The van der Waals surface area contributed by atoms with E-state index < -0.39 is 22.1 Å². The van der Waals surface area contributed by atoms with Gasteiger partial charge >= 0.3 is 16.2 Å². The zero-order chi connectivity index (χ0) is 25.0. The van der Waals surface area contributed by atoms with Crippen molar-refractivity contribution in [2.45, 2.75) is 24.7 Å². The van der Waals surface area contributed by atoms with Crippen LogP contribution in [0.3, 0.4) is 0 Å². The van der Waals surface area contributed by atoms with Crippen LogP contribution in [0, 0.1) is 0 Å². The smallest absolute Gasteiger partial charge is 0.413 e. The highest BCUT2D eigenvalue weighted by Crippen LogP contribution is 2.29. The Kier molecular flexibility index (Phi) is 10.3. The number of rotatable bonds is 10. The highest BCUT2D eigenvalue weighted by molar-refractivity contribution is 7.87. The minimum absolute atomic E-state index is 0.0174. The number of nitrogens with one attached hydrogen (secondary N) is 3. The molecule has 2 rings (SSSR count). The maximum absolute atomic E-state index is 12.6. The van der Waals surface area contributed by atoms with Crippen LogP contribution in [0.15, 0.2) is 58.4 Å². The second-order valence-electron chi connectivity index (χ2n) is 6.86. The summed E-state index contributed by atoms with van der Waals surface area (Å²) in [6.45, 7) is 2.21. The van der Waals surface area contributed by atoms with Gasteiger partial charge in [-0.1, -0.05) is 31.5 Å². The van der Waals surface area contributed by atoms with Gasteiger partial charge in [-0.25, -0.2) is 4.79 Å². The monoisotopic (exact) mass is 492 g/mol. The zero-order valence-electron chi connectivity index (χ0n) is 19.2. The van der Waals surface area contributed by atoms with Crippen molar-refractivity contribution < 1.29 is 31.7 Å². The molecule has 184 valence electrons. The molecule has 0 saturated heterocycles. The highest BCUT2D eigenvalue weighted by Gasteiger charge is 2.18. The summed E-state index contributed by atoms with van der Waals surface area (Å²) < 4.78 is 40.0. The lowest BCUT2D eigenvalue weighted by Gasteiger charge is -2.16. The quantitative estimate of drug-likeness (QED) is 0.199. The lowest BCUT2D eigenvalue weighted by molar-refractivity contribution is -0.119. The number of anilines is 2. The van der Waals surface area contributed by atoms with Gasteiger partial charge in [0.05, 0.1) is 18.5 Å². The number of guanidine groups is 1. The fourth-order valence-corrected chi connectivity index (χ4v) is 3.55. The first kappa shape index (κ1) is 26.6. The van der Waals surface area contributed by atoms with Crippen molar-refractivity contribution in [3.63, 3.8) is 0 Å². The number of carbonyl (C=O) groups is 2. The third kappa shape index (κ3) is 8.37. The van der Waals surface area contributed by atoms with E-state index in [1.165, 1.54) is 44.6 Å². The minimum Gasteiger partial charge on any atom is -0.453 e. The van der Waals surface area contributed by atoms with E-state index in [9.17, 15) is 18.0 Å². The van der Waals surface area contributed by atoms with Crippen LogP contribution in [-0.4, -0.2) is 53.7 Å². The number of hydrogen-bond donors (Lipinski definition) is 3. The maximum atomic E-state index is 12.6. The van der Waals surface area contributed by atoms with E-state index in [4.69, 9.17) is 8.92 Å². The lowest BCUT2D eigenvalue weighted by atomic mass is 10.2. The van der Waals surface area contributed by atoms with E-state index in [2.05, 4.69) is 25.7 Å². The molecule has 0 heterocycles. The molecular weight excluding hydrogens is 464 g/mol. The average molecular weight is 493 g/mol. The summed E-state index contributed by atoms with van der Waals surface area (Å²) in [6, 6.07) is 11.9. The van der Waals surface area contributed by atoms with Gasteiger partial charge in [0.2, 0.25) is 11.9 Å². The second kappa shape index (κ2) is 13.2. The van der Waals surface area contributed by atoms with Gasteiger partial charge in [0.1, 0.15) is 17.3 Å². The molecule has 0 aliphatic carbocycles. The molecule has 0 bridgehead atoms. The Morgan fingerprint density at radius 3 is 2.38 bits per heavy atom. The van der Waals surface area contributed by atoms with Crippen molar-refractivity contribution >= 4 is 39.5 Å². The highest BCUT2D eigenvalue weighted by atomic mass is 32.2. The van der Waals surface area contributed by atoms with E-state index in [0.717, 1.165) is 12.8 Å². The van der Waals surface area contributed by atoms with Gasteiger partial charge < -0.3 is 24.3 Å².